The van der Waals surface area contributed by atoms with Crippen molar-refractivity contribution in [2.24, 2.45) is 0 Å². The Morgan fingerprint density at radius 3 is 2.65 bits per heavy atom. The molecule has 0 unspecified atom stereocenters. The van der Waals surface area contributed by atoms with E-state index in [1.165, 1.54) is 31.5 Å². The second-order valence-corrected chi connectivity index (χ2v) is 5.85. The van der Waals surface area contributed by atoms with Gasteiger partial charge in [0, 0.05) is 6.20 Å². The van der Waals surface area contributed by atoms with E-state index in [9.17, 15) is 12.8 Å². The molecule has 1 aromatic carbocycles. The van der Waals surface area contributed by atoms with Crippen LogP contribution in [0.25, 0.3) is 0 Å². The van der Waals surface area contributed by atoms with Crippen LogP contribution < -0.4 is 9.46 Å². The molecular weight excluding hydrogens is 307 g/mol. The zero-order valence-electron chi connectivity index (χ0n) is 10.3. The Balaban J connectivity index is 2.40. The van der Waals surface area contributed by atoms with Gasteiger partial charge in [0.2, 0.25) is 0 Å². The van der Waals surface area contributed by atoms with E-state index < -0.39 is 15.8 Å². The Hall–Kier alpha value is -1.86. The van der Waals surface area contributed by atoms with Gasteiger partial charge in [-0.05, 0) is 30.3 Å². The lowest BCUT2D eigenvalue weighted by Crippen LogP contribution is -2.15. The van der Waals surface area contributed by atoms with E-state index in [0.717, 1.165) is 12.1 Å². The fraction of sp³-hybridized carbons (Fsp3) is 0.0833. The van der Waals surface area contributed by atoms with Crippen molar-refractivity contribution in [3.05, 3.63) is 47.4 Å². The van der Waals surface area contributed by atoms with Crippen LogP contribution in [-0.2, 0) is 10.0 Å². The van der Waals surface area contributed by atoms with E-state index in [4.69, 9.17) is 16.3 Å². The van der Waals surface area contributed by atoms with Gasteiger partial charge in [-0.25, -0.2) is 17.8 Å². The highest BCUT2D eigenvalue weighted by Crippen LogP contribution is 2.26. The fourth-order valence-corrected chi connectivity index (χ4v) is 2.79. The van der Waals surface area contributed by atoms with Gasteiger partial charge in [0.1, 0.15) is 22.3 Å². The summed E-state index contributed by atoms with van der Waals surface area (Å²) in [7, 11) is -2.71. The van der Waals surface area contributed by atoms with Crippen molar-refractivity contribution in [3.8, 4) is 5.75 Å². The molecule has 0 bridgehead atoms. The molecule has 106 valence electrons. The first-order chi connectivity index (χ1) is 9.42. The molecule has 2 rings (SSSR count). The predicted molar refractivity (Wildman–Crippen MR) is 73.0 cm³/mol. The summed E-state index contributed by atoms with van der Waals surface area (Å²) < 4.78 is 44.7. The Kier molecular flexibility index (Phi) is 4.10. The van der Waals surface area contributed by atoms with Crippen LogP contribution in [0, 0.1) is 5.82 Å². The van der Waals surface area contributed by atoms with Gasteiger partial charge in [-0.1, -0.05) is 11.6 Å². The molecule has 0 fully saturated rings. The number of aromatic nitrogens is 1. The first kappa shape index (κ1) is 14.5. The molecular formula is C12H10ClFN2O3S. The van der Waals surface area contributed by atoms with Crippen LogP contribution in [0.3, 0.4) is 0 Å². The molecule has 1 N–H and O–H groups in total. The molecule has 0 spiro atoms. The lowest BCUT2D eigenvalue weighted by molar-refractivity contribution is 0.401. The van der Waals surface area contributed by atoms with Gasteiger partial charge in [0.05, 0.1) is 12.1 Å². The van der Waals surface area contributed by atoms with Crippen molar-refractivity contribution in [2.45, 2.75) is 4.90 Å². The Labute approximate surface area is 120 Å². The van der Waals surface area contributed by atoms with E-state index in [1.807, 2.05) is 0 Å². The summed E-state index contributed by atoms with van der Waals surface area (Å²) in [5, 5.41) is 0.372. The maximum Gasteiger partial charge on any atom is 0.266 e. The van der Waals surface area contributed by atoms with Gasteiger partial charge in [-0.2, -0.15) is 0 Å². The fourth-order valence-electron chi connectivity index (χ4n) is 1.49. The smallest absolute Gasteiger partial charge is 0.266 e. The van der Waals surface area contributed by atoms with Gasteiger partial charge in [0.25, 0.3) is 10.0 Å². The minimum absolute atomic E-state index is 0.0351. The number of methoxy groups -OCH3 is 1. The lowest BCUT2D eigenvalue weighted by Gasteiger charge is -2.11. The zero-order chi connectivity index (χ0) is 14.8. The predicted octanol–water partition coefficient (Wildman–Crippen LogP) is 2.68. The van der Waals surface area contributed by atoms with Crippen molar-refractivity contribution in [2.75, 3.05) is 11.8 Å². The molecule has 0 aliphatic carbocycles. The Morgan fingerprint density at radius 1 is 1.30 bits per heavy atom. The SMILES string of the molecule is COc1ccc(F)cc1S(=O)(=O)Nc1ccc(Cl)cn1. The topological polar surface area (TPSA) is 68.3 Å². The van der Waals surface area contributed by atoms with Crippen LogP contribution in [0.4, 0.5) is 10.2 Å². The summed E-state index contributed by atoms with van der Waals surface area (Å²) >= 11 is 5.66. The summed E-state index contributed by atoms with van der Waals surface area (Å²) in [4.78, 5) is 3.50. The summed E-state index contributed by atoms with van der Waals surface area (Å²) in [5.41, 5.74) is 0. The molecule has 0 saturated carbocycles. The highest BCUT2D eigenvalue weighted by molar-refractivity contribution is 7.92. The van der Waals surface area contributed by atoms with E-state index in [-0.39, 0.29) is 16.5 Å². The van der Waals surface area contributed by atoms with E-state index in [1.54, 1.807) is 0 Å². The zero-order valence-corrected chi connectivity index (χ0v) is 11.9. The van der Waals surface area contributed by atoms with Gasteiger partial charge in [0.15, 0.2) is 0 Å². The minimum atomic E-state index is -4.01. The average molecular weight is 317 g/mol. The molecule has 1 heterocycles. The molecule has 0 radical (unpaired) electrons. The number of pyridine rings is 1. The van der Waals surface area contributed by atoms with Crippen LogP contribution in [0.1, 0.15) is 0 Å². The van der Waals surface area contributed by atoms with Gasteiger partial charge < -0.3 is 4.74 Å². The number of halogens is 2. The van der Waals surface area contributed by atoms with Crippen molar-refractivity contribution >= 4 is 27.4 Å². The average Bonchev–Trinajstić information content (AvgIpc) is 2.41. The van der Waals surface area contributed by atoms with Crippen LogP contribution in [0.5, 0.6) is 5.75 Å². The number of ether oxygens (including phenoxy) is 1. The summed E-state index contributed by atoms with van der Waals surface area (Å²) in [6.07, 6.45) is 1.29. The molecule has 5 nitrogen and oxygen atoms in total. The molecule has 8 heteroatoms. The first-order valence-electron chi connectivity index (χ1n) is 5.40. The maximum absolute atomic E-state index is 13.2. The van der Waals surface area contributed by atoms with Crippen LogP contribution in [0.2, 0.25) is 5.02 Å². The van der Waals surface area contributed by atoms with Crippen molar-refractivity contribution in [1.29, 1.82) is 0 Å². The third-order valence-electron chi connectivity index (χ3n) is 2.38. The molecule has 2 aromatic rings. The number of hydrogen-bond acceptors (Lipinski definition) is 4. The Morgan fingerprint density at radius 2 is 2.05 bits per heavy atom. The molecule has 1 aromatic heterocycles. The number of nitrogens with zero attached hydrogens (tertiary/aromatic N) is 1. The van der Waals surface area contributed by atoms with Crippen molar-refractivity contribution in [3.63, 3.8) is 0 Å². The molecule has 0 saturated heterocycles. The third-order valence-corrected chi connectivity index (χ3v) is 3.98. The molecule has 0 aliphatic heterocycles. The molecule has 20 heavy (non-hydrogen) atoms. The number of sulfonamides is 1. The van der Waals surface area contributed by atoms with Crippen molar-refractivity contribution in [1.82, 2.24) is 4.98 Å². The van der Waals surface area contributed by atoms with Gasteiger partial charge >= 0.3 is 0 Å². The number of rotatable bonds is 4. The molecule has 0 amide bonds. The van der Waals surface area contributed by atoms with Crippen molar-refractivity contribution < 1.29 is 17.5 Å². The number of benzene rings is 1. The number of hydrogen-bond donors (Lipinski definition) is 1. The lowest BCUT2D eigenvalue weighted by atomic mass is 10.3. The standard InChI is InChI=1S/C12H10ClFN2O3S/c1-19-10-4-3-9(14)6-11(10)20(17,18)16-12-5-2-8(13)7-15-12/h2-7H,1H3,(H,15,16). The quantitative estimate of drug-likeness (QED) is 0.941. The first-order valence-corrected chi connectivity index (χ1v) is 7.26. The molecule has 0 atom stereocenters. The maximum atomic E-state index is 13.2. The van der Waals surface area contributed by atoms with Gasteiger partial charge in [-0.15, -0.1) is 0 Å². The number of nitrogens with one attached hydrogen (secondary N) is 1. The summed E-state index contributed by atoms with van der Waals surface area (Å²) in [6, 6.07) is 6.09. The normalized spacial score (nSPS) is 11.2. The van der Waals surface area contributed by atoms with E-state index >= 15 is 0 Å². The molecule has 0 aliphatic rings. The summed E-state index contributed by atoms with van der Waals surface area (Å²) in [6.45, 7) is 0. The van der Waals surface area contributed by atoms with Gasteiger partial charge in [-0.3, -0.25) is 4.72 Å². The largest absolute Gasteiger partial charge is 0.495 e. The van der Waals surface area contributed by atoms with Crippen LogP contribution in [0.15, 0.2) is 41.4 Å². The van der Waals surface area contributed by atoms with E-state index in [0.29, 0.717) is 5.02 Å². The number of anilines is 1. The summed E-state index contributed by atoms with van der Waals surface area (Å²) in [5.74, 6) is -0.580. The Bertz CT molecular complexity index is 720. The second-order valence-electron chi connectivity index (χ2n) is 3.76. The minimum Gasteiger partial charge on any atom is -0.495 e. The highest BCUT2D eigenvalue weighted by atomic mass is 35.5. The van der Waals surface area contributed by atoms with Crippen LogP contribution in [-0.4, -0.2) is 20.5 Å². The highest BCUT2D eigenvalue weighted by Gasteiger charge is 2.21. The van der Waals surface area contributed by atoms with Crippen LogP contribution >= 0.6 is 11.6 Å². The monoisotopic (exact) mass is 316 g/mol. The second kappa shape index (κ2) is 5.64. The van der Waals surface area contributed by atoms with E-state index in [2.05, 4.69) is 9.71 Å². The third kappa shape index (κ3) is 3.17.